The van der Waals surface area contributed by atoms with Crippen LogP contribution in [0.3, 0.4) is 0 Å². The number of carbonyl (C=O) groups excluding carboxylic acids is 1. The van der Waals surface area contributed by atoms with Gasteiger partial charge in [-0.25, -0.2) is 9.78 Å². The Morgan fingerprint density at radius 1 is 1.00 bits per heavy atom. The highest BCUT2D eigenvalue weighted by Crippen LogP contribution is 2.31. The Labute approximate surface area is 183 Å². The van der Waals surface area contributed by atoms with E-state index in [0.29, 0.717) is 6.54 Å². The van der Waals surface area contributed by atoms with Gasteiger partial charge in [0, 0.05) is 24.2 Å². The van der Waals surface area contributed by atoms with Gasteiger partial charge in [0.2, 0.25) is 0 Å². The minimum Gasteiger partial charge on any atom is -0.444 e. The molecule has 2 heterocycles. The number of hydrogen-bond donors (Lipinski definition) is 1. The van der Waals surface area contributed by atoms with Gasteiger partial charge in [0.15, 0.2) is 0 Å². The molecule has 1 saturated heterocycles. The third-order valence-corrected chi connectivity index (χ3v) is 5.09. The molecule has 0 saturated carbocycles. The van der Waals surface area contributed by atoms with Crippen molar-refractivity contribution in [2.45, 2.75) is 38.8 Å². The maximum Gasteiger partial charge on any atom is 0.407 e. The van der Waals surface area contributed by atoms with Crippen molar-refractivity contribution in [3.8, 4) is 22.5 Å². The van der Waals surface area contributed by atoms with E-state index < -0.39 is 5.60 Å². The van der Waals surface area contributed by atoms with Crippen LogP contribution in [0.15, 0.2) is 66.9 Å². The van der Waals surface area contributed by atoms with Crippen molar-refractivity contribution < 1.29 is 9.53 Å². The number of nitrogens with one attached hydrogen (secondary N) is 1. The highest BCUT2D eigenvalue weighted by Gasteiger charge is 2.27. The predicted octanol–water partition coefficient (Wildman–Crippen LogP) is 4.91. The minimum absolute atomic E-state index is 0.0191. The molecule has 3 aromatic rings. The number of ether oxygens (including phenoxy) is 1. The average molecular weight is 417 g/mol. The second-order valence-electron chi connectivity index (χ2n) is 8.74. The second-order valence-corrected chi connectivity index (χ2v) is 8.74. The zero-order valence-electron chi connectivity index (χ0n) is 18.2. The molecule has 0 spiro atoms. The molecule has 4 rings (SSSR count). The molecular weight excluding hydrogens is 388 g/mol. The van der Waals surface area contributed by atoms with Gasteiger partial charge in [0.1, 0.15) is 11.4 Å². The fourth-order valence-electron chi connectivity index (χ4n) is 3.70. The molecule has 2 aromatic carbocycles. The van der Waals surface area contributed by atoms with Crippen LogP contribution >= 0.6 is 0 Å². The number of amides is 1. The van der Waals surface area contributed by atoms with Crippen LogP contribution in [0.2, 0.25) is 0 Å². The third-order valence-electron chi connectivity index (χ3n) is 5.09. The van der Waals surface area contributed by atoms with Crippen molar-refractivity contribution in [1.29, 1.82) is 0 Å². The molecule has 1 aliphatic heterocycles. The van der Waals surface area contributed by atoms with Crippen LogP contribution in [0, 0.1) is 0 Å². The molecule has 1 aromatic heterocycles. The van der Waals surface area contributed by atoms with Gasteiger partial charge >= 0.3 is 6.09 Å². The van der Waals surface area contributed by atoms with E-state index in [9.17, 15) is 4.79 Å². The van der Waals surface area contributed by atoms with E-state index >= 15 is 0 Å². The number of aromatic nitrogens is 2. The van der Waals surface area contributed by atoms with Gasteiger partial charge in [0.05, 0.1) is 23.6 Å². The lowest BCUT2D eigenvalue weighted by Gasteiger charge is -2.22. The first-order valence-electron chi connectivity index (χ1n) is 10.6. The maximum atomic E-state index is 12.1. The van der Waals surface area contributed by atoms with Crippen molar-refractivity contribution in [2.75, 3.05) is 18.0 Å². The average Bonchev–Trinajstić information content (AvgIpc) is 3.21. The number of hydrogen-bond acceptors (Lipinski definition) is 5. The van der Waals surface area contributed by atoms with Crippen molar-refractivity contribution in [3.05, 3.63) is 66.9 Å². The summed E-state index contributed by atoms with van der Waals surface area (Å²) in [5, 5.41) is 2.97. The molecule has 6 nitrogen and oxygen atoms in total. The van der Waals surface area contributed by atoms with E-state index in [1.807, 2.05) is 75.5 Å². The minimum atomic E-state index is -0.508. The smallest absolute Gasteiger partial charge is 0.407 e. The summed E-state index contributed by atoms with van der Waals surface area (Å²) < 4.78 is 5.39. The Kier molecular flexibility index (Phi) is 5.89. The zero-order chi connectivity index (χ0) is 21.8. The summed E-state index contributed by atoms with van der Waals surface area (Å²) in [5.74, 6) is 0.812. The van der Waals surface area contributed by atoms with Gasteiger partial charge in [-0.1, -0.05) is 60.7 Å². The van der Waals surface area contributed by atoms with Crippen LogP contribution in [0.1, 0.15) is 27.2 Å². The third kappa shape index (κ3) is 5.20. The van der Waals surface area contributed by atoms with Gasteiger partial charge in [-0.3, -0.25) is 4.98 Å². The Morgan fingerprint density at radius 3 is 2.23 bits per heavy atom. The summed E-state index contributed by atoms with van der Waals surface area (Å²) >= 11 is 0. The van der Waals surface area contributed by atoms with Crippen LogP contribution in [-0.2, 0) is 4.74 Å². The summed E-state index contributed by atoms with van der Waals surface area (Å²) in [4.78, 5) is 24.1. The lowest BCUT2D eigenvalue weighted by molar-refractivity contribution is 0.0509. The van der Waals surface area contributed by atoms with E-state index in [-0.39, 0.29) is 12.1 Å². The van der Waals surface area contributed by atoms with E-state index in [1.54, 1.807) is 0 Å². The number of benzene rings is 2. The molecular formula is C25H28N4O2. The summed E-state index contributed by atoms with van der Waals surface area (Å²) in [7, 11) is 0. The normalized spacial score (nSPS) is 16.2. The Morgan fingerprint density at radius 2 is 1.61 bits per heavy atom. The molecule has 1 atom stereocenters. The molecule has 1 N–H and O–H groups in total. The molecule has 6 heteroatoms. The Hall–Kier alpha value is -3.41. The lowest BCUT2D eigenvalue weighted by atomic mass is 10.0. The van der Waals surface area contributed by atoms with Crippen molar-refractivity contribution in [3.63, 3.8) is 0 Å². The predicted molar refractivity (Wildman–Crippen MR) is 123 cm³/mol. The van der Waals surface area contributed by atoms with E-state index in [0.717, 1.165) is 41.3 Å². The van der Waals surface area contributed by atoms with Gasteiger partial charge in [0.25, 0.3) is 0 Å². The van der Waals surface area contributed by atoms with Gasteiger partial charge in [-0.05, 0) is 27.2 Å². The Balaban J connectivity index is 1.57. The summed E-state index contributed by atoms with van der Waals surface area (Å²) in [6.07, 6.45) is 2.28. The molecule has 1 fully saturated rings. The molecule has 1 aliphatic rings. The largest absolute Gasteiger partial charge is 0.444 e. The van der Waals surface area contributed by atoms with Crippen LogP contribution in [0.5, 0.6) is 0 Å². The van der Waals surface area contributed by atoms with Crippen LogP contribution in [0.4, 0.5) is 10.6 Å². The zero-order valence-corrected chi connectivity index (χ0v) is 18.2. The molecule has 0 radical (unpaired) electrons. The fraction of sp³-hybridized carbons (Fsp3) is 0.320. The number of carbonyl (C=O) groups is 1. The molecule has 31 heavy (non-hydrogen) atoms. The number of anilines is 1. The van der Waals surface area contributed by atoms with E-state index in [4.69, 9.17) is 14.7 Å². The first-order valence-corrected chi connectivity index (χ1v) is 10.6. The highest BCUT2D eigenvalue weighted by molar-refractivity contribution is 5.78. The molecule has 160 valence electrons. The standard InChI is InChI=1S/C25H28N4O2/c1-25(2,3)31-24(30)27-20-14-15-29(17-20)21-16-26-22(18-10-6-4-7-11-18)23(28-21)19-12-8-5-9-13-19/h4-13,16,20H,14-15,17H2,1-3H3,(H,27,30). The van der Waals surface area contributed by atoms with E-state index in [1.165, 1.54) is 0 Å². The van der Waals surface area contributed by atoms with Gasteiger partial charge in [-0.15, -0.1) is 0 Å². The monoisotopic (exact) mass is 416 g/mol. The fourth-order valence-corrected chi connectivity index (χ4v) is 3.70. The van der Waals surface area contributed by atoms with Crippen molar-refractivity contribution in [2.24, 2.45) is 0 Å². The van der Waals surface area contributed by atoms with Crippen molar-refractivity contribution in [1.82, 2.24) is 15.3 Å². The summed E-state index contributed by atoms with van der Waals surface area (Å²) in [5.41, 5.74) is 3.27. The van der Waals surface area contributed by atoms with Crippen LogP contribution in [-0.4, -0.2) is 40.8 Å². The first kappa shape index (κ1) is 20.8. The van der Waals surface area contributed by atoms with E-state index in [2.05, 4.69) is 22.3 Å². The van der Waals surface area contributed by atoms with Crippen LogP contribution in [0.25, 0.3) is 22.5 Å². The number of rotatable bonds is 4. The van der Waals surface area contributed by atoms with Gasteiger partial charge in [-0.2, -0.15) is 0 Å². The molecule has 0 bridgehead atoms. The topological polar surface area (TPSA) is 67.3 Å². The first-order chi connectivity index (χ1) is 14.9. The van der Waals surface area contributed by atoms with Gasteiger partial charge < -0.3 is 15.0 Å². The van der Waals surface area contributed by atoms with Crippen LogP contribution < -0.4 is 10.2 Å². The second kappa shape index (κ2) is 8.76. The quantitative estimate of drug-likeness (QED) is 0.654. The summed E-state index contributed by atoms with van der Waals surface area (Å²) in [6, 6.07) is 20.2. The lowest BCUT2D eigenvalue weighted by Crippen LogP contribution is -2.40. The molecule has 1 unspecified atom stereocenters. The SMILES string of the molecule is CC(C)(C)OC(=O)NC1CCN(c2cnc(-c3ccccc3)c(-c3ccccc3)n2)C1. The Bertz CT molecular complexity index is 1030. The highest BCUT2D eigenvalue weighted by atomic mass is 16.6. The summed E-state index contributed by atoms with van der Waals surface area (Å²) in [6.45, 7) is 7.06. The maximum absolute atomic E-state index is 12.1. The number of alkyl carbamates (subject to hydrolysis) is 1. The molecule has 0 aliphatic carbocycles. The molecule has 1 amide bonds. The van der Waals surface area contributed by atoms with Crippen molar-refractivity contribution >= 4 is 11.9 Å². The number of nitrogens with zero attached hydrogens (tertiary/aromatic N) is 3.